The van der Waals surface area contributed by atoms with Crippen LogP contribution in [0.2, 0.25) is 0 Å². The zero-order chi connectivity index (χ0) is 17.1. The number of ether oxygens (including phenoxy) is 1. The molecule has 122 valence electrons. The molecule has 1 N–H and O–H groups in total. The second-order valence-electron chi connectivity index (χ2n) is 5.78. The molecule has 0 amide bonds. The van der Waals surface area contributed by atoms with E-state index in [2.05, 4.69) is 78.2 Å². The molecule has 0 bridgehead atoms. The van der Waals surface area contributed by atoms with E-state index < -0.39 is 0 Å². The van der Waals surface area contributed by atoms with Crippen molar-refractivity contribution in [3.8, 4) is 16.9 Å². The second kappa shape index (κ2) is 7.26. The minimum absolute atomic E-state index is 0.860. The average Bonchev–Trinajstić information content (AvgIpc) is 2.57. The van der Waals surface area contributed by atoms with Crippen molar-refractivity contribution in [1.82, 2.24) is 0 Å². The molecule has 0 aliphatic carbocycles. The maximum atomic E-state index is 5.23. The lowest BCUT2D eigenvalue weighted by molar-refractivity contribution is 0.415. The maximum absolute atomic E-state index is 5.23. The molecule has 3 aromatic rings. The first-order valence-electron chi connectivity index (χ1n) is 7.86. The lowest BCUT2D eigenvalue weighted by Crippen LogP contribution is -1.98. The Balaban J connectivity index is 2.07. The maximum Gasteiger partial charge on any atom is 0.119 e. The number of benzene rings is 3. The van der Waals surface area contributed by atoms with Crippen LogP contribution in [-0.2, 0) is 0 Å². The van der Waals surface area contributed by atoms with Gasteiger partial charge in [-0.05, 0) is 84.0 Å². The van der Waals surface area contributed by atoms with Crippen LogP contribution in [-0.4, -0.2) is 7.11 Å². The highest BCUT2D eigenvalue weighted by Gasteiger charge is 2.13. The minimum Gasteiger partial charge on any atom is -0.497 e. The molecule has 3 rings (SSSR count). The third-order valence-corrected chi connectivity index (χ3v) is 5.01. The minimum atomic E-state index is 0.860. The monoisotopic (exact) mass is 429 g/mol. The highest BCUT2D eigenvalue weighted by Crippen LogP contribution is 2.38. The van der Waals surface area contributed by atoms with Gasteiger partial charge in [0.15, 0.2) is 0 Å². The number of methoxy groups -OCH3 is 1. The first kappa shape index (κ1) is 16.8. The van der Waals surface area contributed by atoms with Crippen molar-refractivity contribution < 1.29 is 4.74 Å². The summed E-state index contributed by atoms with van der Waals surface area (Å²) in [5.74, 6) is 0.860. The van der Waals surface area contributed by atoms with Gasteiger partial charge in [0.1, 0.15) is 5.75 Å². The van der Waals surface area contributed by atoms with E-state index in [4.69, 9.17) is 4.74 Å². The van der Waals surface area contributed by atoms with Gasteiger partial charge >= 0.3 is 0 Å². The van der Waals surface area contributed by atoms with Crippen molar-refractivity contribution in [3.63, 3.8) is 0 Å². The fourth-order valence-electron chi connectivity index (χ4n) is 2.88. The van der Waals surface area contributed by atoms with Crippen molar-refractivity contribution in [2.45, 2.75) is 13.8 Å². The average molecular weight is 429 g/mol. The Hall–Kier alpha value is -2.01. The van der Waals surface area contributed by atoms with Gasteiger partial charge in [-0.2, -0.15) is 0 Å². The SMILES string of the molecule is COc1ccc(Nc2cccc(C)c2-c2c(C)cccc2I)cc1. The standard InChI is InChI=1S/C21H20INO/c1-14-6-4-8-18(22)20(14)21-15(2)7-5-9-19(21)23-16-10-12-17(24-3)13-11-16/h4-13,23H,1-3H3. The fourth-order valence-corrected chi connectivity index (χ4v) is 3.78. The summed E-state index contributed by atoms with van der Waals surface area (Å²) in [6.45, 7) is 4.33. The molecule has 0 fully saturated rings. The zero-order valence-electron chi connectivity index (χ0n) is 14.1. The fraction of sp³-hybridized carbons (Fsp3) is 0.143. The first-order chi connectivity index (χ1) is 11.6. The van der Waals surface area contributed by atoms with Crippen molar-refractivity contribution in [2.75, 3.05) is 12.4 Å². The topological polar surface area (TPSA) is 21.3 Å². The molecule has 0 spiro atoms. The van der Waals surface area contributed by atoms with Crippen molar-refractivity contribution in [1.29, 1.82) is 0 Å². The number of rotatable bonds is 4. The van der Waals surface area contributed by atoms with E-state index in [0.717, 1.165) is 17.1 Å². The van der Waals surface area contributed by atoms with Crippen LogP contribution < -0.4 is 10.1 Å². The van der Waals surface area contributed by atoms with Gasteiger partial charge < -0.3 is 10.1 Å². The smallest absolute Gasteiger partial charge is 0.119 e. The summed E-state index contributed by atoms with van der Waals surface area (Å²) in [4.78, 5) is 0. The molecule has 0 atom stereocenters. The Morgan fingerprint density at radius 2 is 1.42 bits per heavy atom. The zero-order valence-corrected chi connectivity index (χ0v) is 16.2. The van der Waals surface area contributed by atoms with E-state index in [9.17, 15) is 0 Å². The molecule has 0 saturated carbocycles. The van der Waals surface area contributed by atoms with Crippen LogP contribution in [0.25, 0.3) is 11.1 Å². The molecule has 0 aliphatic heterocycles. The summed E-state index contributed by atoms with van der Waals surface area (Å²) >= 11 is 2.42. The van der Waals surface area contributed by atoms with Crippen LogP contribution in [0.3, 0.4) is 0 Å². The third kappa shape index (κ3) is 3.41. The normalized spacial score (nSPS) is 10.5. The van der Waals surface area contributed by atoms with Crippen molar-refractivity contribution in [2.24, 2.45) is 0 Å². The van der Waals surface area contributed by atoms with Gasteiger partial charge in [-0.1, -0.05) is 24.3 Å². The predicted molar refractivity (Wildman–Crippen MR) is 110 cm³/mol. The molecule has 0 aliphatic rings. The van der Waals surface area contributed by atoms with E-state index in [0.29, 0.717) is 0 Å². The van der Waals surface area contributed by atoms with Crippen LogP contribution >= 0.6 is 22.6 Å². The molecule has 3 heteroatoms. The Morgan fingerprint density at radius 1 is 0.792 bits per heavy atom. The summed E-state index contributed by atoms with van der Waals surface area (Å²) in [7, 11) is 1.68. The van der Waals surface area contributed by atoms with Gasteiger partial charge in [0, 0.05) is 26.1 Å². The second-order valence-corrected chi connectivity index (χ2v) is 6.94. The number of hydrogen-bond acceptors (Lipinski definition) is 2. The summed E-state index contributed by atoms with van der Waals surface area (Å²) in [6, 6.07) is 20.8. The molecule has 0 radical (unpaired) electrons. The van der Waals surface area contributed by atoms with Gasteiger partial charge in [-0.15, -0.1) is 0 Å². The Morgan fingerprint density at radius 3 is 2.04 bits per heavy atom. The highest BCUT2D eigenvalue weighted by molar-refractivity contribution is 14.1. The van der Waals surface area contributed by atoms with Crippen molar-refractivity contribution >= 4 is 34.0 Å². The van der Waals surface area contributed by atoms with Gasteiger partial charge in [0.2, 0.25) is 0 Å². The van der Waals surface area contributed by atoms with Crippen LogP contribution in [0.1, 0.15) is 11.1 Å². The van der Waals surface area contributed by atoms with E-state index in [1.165, 1.54) is 25.8 Å². The summed E-state index contributed by atoms with van der Waals surface area (Å²) in [5.41, 5.74) is 7.27. The first-order valence-corrected chi connectivity index (χ1v) is 8.94. The van der Waals surface area contributed by atoms with Crippen molar-refractivity contribution in [3.05, 3.63) is 75.4 Å². The molecule has 0 aromatic heterocycles. The lowest BCUT2D eigenvalue weighted by atomic mass is 9.95. The Bertz CT molecular complexity index is 836. The Labute approximate surface area is 157 Å². The molecule has 0 saturated heterocycles. The molecular formula is C21H20INO. The van der Waals surface area contributed by atoms with Crippen LogP contribution in [0.15, 0.2) is 60.7 Å². The molecule has 0 heterocycles. The lowest BCUT2D eigenvalue weighted by Gasteiger charge is -2.18. The van der Waals surface area contributed by atoms with Gasteiger partial charge in [-0.3, -0.25) is 0 Å². The van der Waals surface area contributed by atoms with Crippen LogP contribution in [0.5, 0.6) is 5.75 Å². The van der Waals surface area contributed by atoms with E-state index in [1.807, 2.05) is 24.3 Å². The molecule has 0 unspecified atom stereocenters. The molecule has 3 aromatic carbocycles. The summed E-state index contributed by atoms with van der Waals surface area (Å²) in [6.07, 6.45) is 0. The molecule has 24 heavy (non-hydrogen) atoms. The summed E-state index contributed by atoms with van der Waals surface area (Å²) in [5, 5.41) is 3.56. The number of anilines is 2. The van der Waals surface area contributed by atoms with Crippen LogP contribution in [0.4, 0.5) is 11.4 Å². The van der Waals surface area contributed by atoms with Gasteiger partial charge in [-0.25, -0.2) is 0 Å². The number of nitrogens with one attached hydrogen (secondary N) is 1. The summed E-state index contributed by atoms with van der Waals surface area (Å²) < 4.78 is 6.50. The third-order valence-electron chi connectivity index (χ3n) is 4.11. The molecule has 2 nitrogen and oxygen atoms in total. The Kier molecular flexibility index (Phi) is 5.09. The van der Waals surface area contributed by atoms with Gasteiger partial charge in [0.25, 0.3) is 0 Å². The largest absolute Gasteiger partial charge is 0.497 e. The quantitative estimate of drug-likeness (QED) is 0.490. The highest BCUT2D eigenvalue weighted by atomic mass is 127. The van der Waals surface area contributed by atoms with E-state index in [1.54, 1.807) is 7.11 Å². The van der Waals surface area contributed by atoms with E-state index >= 15 is 0 Å². The van der Waals surface area contributed by atoms with Gasteiger partial charge in [0.05, 0.1) is 7.11 Å². The predicted octanol–water partition coefficient (Wildman–Crippen LogP) is 6.33. The molecular weight excluding hydrogens is 409 g/mol. The number of aryl methyl sites for hydroxylation is 2. The number of hydrogen-bond donors (Lipinski definition) is 1. The van der Waals surface area contributed by atoms with E-state index in [-0.39, 0.29) is 0 Å². The van der Waals surface area contributed by atoms with Crippen LogP contribution in [0, 0.1) is 17.4 Å². The number of halogens is 1.